The highest BCUT2D eigenvalue weighted by Gasteiger charge is 2.36. The van der Waals surface area contributed by atoms with Gasteiger partial charge in [0.15, 0.2) is 0 Å². The van der Waals surface area contributed by atoms with Gasteiger partial charge in [0, 0.05) is 51.4 Å². The van der Waals surface area contributed by atoms with Crippen molar-refractivity contribution in [3.8, 4) is 0 Å². The molecule has 0 spiro atoms. The Morgan fingerprint density at radius 2 is 1.65 bits per heavy atom. The molecule has 0 bridgehead atoms. The van der Waals surface area contributed by atoms with Crippen LogP contribution in [0.5, 0.6) is 0 Å². The molecule has 114 valence electrons. The SMILES string of the molecule is CN1CCN(C2CN(C(=O)NC3CCCCC3)C2)CC1. The normalized spacial score (nSPS) is 27.4. The average Bonchev–Trinajstić information content (AvgIpc) is 2.40. The van der Waals surface area contributed by atoms with Gasteiger partial charge in [0.1, 0.15) is 0 Å². The fourth-order valence-corrected chi connectivity index (χ4v) is 3.55. The number of piperazine rings is 1. The van der Waals surface area contributed by atoms with Gasteiger partial charge >= 0.3 is 6.03 Å². The third kappa shape index (κ3) is 3.26. The van der Waals surface area contributed by atoms with Gasteiger partial charge in [0.05, 0.1) is 0 Å². The molecule has 3 rings (SSSR count). The van der Waals surface area contributed by atoms with Crippen molar-refractivity contribution in [2.75, 3.05) is 46.3 Å². The highest BCUT2D eigenvalue weighted by atomic mass is 16.2. The van der Waals surface area contributed by atoms with Gasteiger partial charge in [-0.2, -0.15) is 0 Å². The van der Waals surface area contributed by atoms with E-state index in [2.05, 4.69) is 22.2 Å². The van der Waals surface area contributed by atoms with E-state index < -0.39 is 0 Å². The molecular formula is C15H28N4O. The maximum absolute atomic E-state index is 12.2. The first kappa shape index (κ1) is 14.1. The predicted molar refractivity (Wildman–Crippen MR) is 79.8 cm³/mol. The van der Waals surface area contributed by atoms with Crippen molar-refractivity contribution < 1.29 is 4.79 Å². The number of amides is 2. The summed E-state index contributed by atoms with van der Waals surface area (Å²) in [4.78, 5) is 19.1. The summed E-state index contributed by atoms with van der Waals surface area (Å²) >= 11 is 0. The van der Waals surface area contributed by atoms with Crippen LogP contribution in [0, 0.1) is 0 Å². The van der Waals surface area contributed by atoms with E-state index in [-0.39, 0.29) is 6.03 Å². The van der Waals surface area contributed by atoms with Crippen molar-refractivity contribution in [3.63, 3.8) is 0 Å². The number of hydrogen-bond acceptors (Lipinski definition) is 3. The molecule has 0 aromatic heterocycles. The molecule has 2 heterocycles. The van der Waals surface area contributed by atoms with E-state index in [0.29, 0.717) is 12.1 Å². The van der Waals surface area contributed by atoms with Crippen molar-refractivity contribution >= 4 is 6.03 Å². The molecule has 2 amide bonds. The Bertz CT molecular complexity index is 329. The number of rotatable bonds is 2. The highest BCUT2D eigenvalue weighted by molar-refractivity contribution is 5.75. The number of likely N-dealkylation sites (N-methyl/N-ethyl adjacent to an activating group) is 1. The van der Waals surface area contributed by atoms with E-state index in [1.165, 1.54) is 32.1 Å². The van der Waals surface area contributed by atoms with E-state index in [1.54, 1.807) is 0 Å². The van der Waals surface area contributed by atoms with Crippen molar-refractivity contribution in [1.29, 1.82) is 0 Å². The van der Waals surface area contributed by atoms with Crippen LogP contribution in [0.3, 0.4) is 0 Å². The second kappa shape index (κ2) is 6.31. The summed E-state index contributed by atoms with van der Waals surface area (Å²) in [5, 5.41) is 3.21. The summed E-state index contributed by atoms with van der Waals surface area (Å²) in [7, 11) is 2.18. The second-order valence-electron chi connectivity index (χ2n) is 6.68. The van der Waals surface area contributed by atoms with Crippen molar-refractivity contribution in [2.45, 2.75) is 44.2 Å². The molecule has 0 aromatic carbocycles. The molecule has 1 saturated carbocycles. The quantitative estimate of drug-likeness (QED) is 0.819. The lowest BCUT2D eigenvalue weighted by atomic mass is 9.95. The first-order valence-corrected chi connectivity index (χ1v) is 8.20. The Morgan fingerprint density at radius 1 is 1.00 bits per heavy atom. The average molecular weight is 280 g/mol. The summed E-state index contributed by atoms with van der Waals surface area (Å²) < 4.78 is 0. The number of urea groups is 1. The minimum atomic E-state index is 0.169. The van der Waals surface area contributed by atoms with Gasteiger partial charge in [0.25, 0.3) is 0 Å². The number of nitrogens with zero attached hydrogens (tertiary/aromatic N) is 3. The fourth-order valence-electron chi connectivity index (χ4n) is 3.55. The van der Waals surface area contributed by atoms with Gasteiger partial charge in [-0.1, -0.05) is 19.3 Å². The van der Waals surface area contributed by atoms with Crippen LogP contribution in [0.1, 0.15) is 32.1 Å². The predicted octanol–water partition coefficient (Wildman–Crippen LogP) is 0.960. The van der Waals surface area contributed by atoms with Gasteiger partial charge in [-0.25, -0.2) is 4.79 Å². The van der Waals surface area contributed by atoms with Crippen molar-refractivity contribution in [2.24, 2.45) is 0 Å². The van der Waals surface area contributed by atoms with Crippen LogP contribution < -0.4 is 5.32 Å². The topological polar surface area (TPSA) is 38.8 Å². The highest BCUT2D eigenvalue weighted by Crippen LogP contribution is 2.20. The lowest BCUT2D eigenvalue weighted by molar-refractivity contribution is 0.0276. The molecule has 5 nitrogen and oxygen atoms in total. The number of carbonyl (C=O) groups is 1. The maximum Gasteiger partial charge on any atom is 0.317 e. The molecule has 0 radical (unpaired) electrons. The summed E-state index contributed by atoms with van der Waals surface area (Å²) in [5.74, 6) is 0. The van der Waals surface area contributed by atoms with E-state index in [4.69, 9.17) is 0 Å². The number of likely N-dealkylation sites (tertiary alicyclic amines) is 1. The van der Waals surface area contributed by atoms with Crippen LogP contribution in [0.25, 0.3) is 0 Å². The Kier molecular flexibility index (Phi) is 4.46. The zero-order chi connectivity index (χ0) is 13.9. The first-order chi connectivity index (χ1) is 9.72. The fraction of sp³-hybridized carbons (Fsp3) is 0.933. The third-order valence-electron chi connectivity index (χ3n) is 5.14. The van der Waals surface area contributed by atoms with Crippen LogP contribution >= 0.6 is 0 Å². The molecule has 5 heteroatoms. The van der Waals surface area contributed by atoms with Crippen LogP contribution in [0.2, 0.25) is 0 Å². The van der Waals surface area contributed by atoms with Gasteiger partial charge in [0.2, 0.25) is 0 Å². The number of hydrogen-bond donors (Lipinski definition) is 1. The van der Waals surface area contributed by atoms with Gasteiger partial charge in [-0.05, 0) is 19.9 Å². The zero-order valence-electron chi connectivity index (χ0n) is 12.7. The smallest absolute Gasteiger partial charge is 0.317 e. The Morgan fingerprint density at radius 3 is 2.30 bits per heavy atom. The van der Waals surface area contributed by atoms with Crippen molar-refractivity contribution in [1.82, 2.24) is 20.0 Å². The lowest BCUT2D eigenvalue weighted by Crippen LogP contribution is -2.65. The minimum absolute atomic E-state index is 0.169. The largest absolute Gasteiger partial charge is 0.335 e. The molecule has 3 aliphatic rings. The van der Waals surface area contributed by atoms with E-state index in [0.717, 1.165) is 39.3 Å². The van der Waals surface area contributed by atoms with E-state index in [1.807, 2.05) is 4.90 Å². The maximum atomic E-state index is 12.2. The summed E-state index contributed by atoms with van der Waals surface area (Å²) in [6, 6.07) is 1.20. The summed E-state index contributed by atoms with van der Waals surface area (Å²) in [6.45, 7) is 6.46. The molecule has 0 unspecified atom stereocenters. The Hall–Kier alpha value is -0.810. The molecular weight excluding hydrogens is 252 g/mol. The van der Waals surface area contributed by atoms with E-state index >= 15 is 0 Å². The molecule has 2 aliphatic heterocycles. The standard InChI is InChI=1S/C15H28N4O/c1-17-7-9-18(10-8-17)14-11-19(12-14)15(20)16-13-5-3-2-4-6-13/h13-14H,2-12H2,1H3,(H,16,20). The molecule has 0 atom stereocenters. The number of carbonyl (C=O) groups excluding carboxylic acids is 1. The zero-order valence-corrected chi connectivity index (χ0v) is 12.7. The van der Waals surface area contributed by atoms with Gasteiger partial charge in [-0.3, -0.25) is 4.90 Å². The molecule has 2 saturated heterocycles. The van der Waals surface area contributed by atoms with Crippen LogP contribution in [0.4, 0.5) is 4.79 Å². The molecule has 1 aliphatic carbocycles. The monoisotopic (exact) mass is 280 g/mol. The Balaban J connectivity index is 1.37. The van der Waals surface area contributed by atoms with Crippen molar-refractivity contribution in [3.05, 3.63) is 0 Å². The molecule has 1 N–H and O–H groups in total. The third-order valence-corrected chi connectivity index (χ3v) is 5.14. The first-order valence-electron chi connectivity index (χ1n) is 8.20. The second-order valence-corrected chi connectivity index (χ2v) is 6.68. The van der Waals surface area contributed by atoms with Gasteiger partial charge in [-0.15, -0.1) is 0 Å². The van der Waals surface area contributed by atoms with Gasteiger partial charge < -0.3 is 15.1 Å². The van der Waals surface area contributed by atoms with Crippen LogP contribution in [-0.4, -0.2) is 79.1 Å². The summed E-state index contributed by atoms with van der Waals surface area (Å²) in [5.41, 5.74) is 0. The Labute approximate surface area is 122 Å². The number of nitrogens with one attached hydrogen (secondary N) is 1. The van der Waals surface area contributed by atoms with E-state index in [9.17, 15) is 4.79 Å². The summed E-state index contributed by atoms with van der Waals surface area (Å²) in [6.07, 6.45) is 6.22. The molecule has 3 fully saturated rings. The van der Waals surface area contributed by atoms with Crippen LogP contribution in [0.15, 0.2) is 0 Å². The lowest BCUT2D eigenvalue weighted by Gasteiger charge is -2.48. The molecule has 0 aromatic rings. The minimum Gasteiger partial charge on any atom is -0.335 e. The molecule has 20 heavy (non-hydrogen) atoms. The van der Waals surface area contributed by atoms with Crippen LogP contribution in [-0.2, 0) is 0 Å².